The number of fused-ring (bicyclic) bond motifs is 1. The Kier molecular flexibility index (Phi) is 3.08. The van der Waals surface area contributed by atoms with Gasteiger partial charge in [-0.2, -0.15) is 0 Å². The number of aryl methyl sites for hydroxylation is 1. The Balaban J connectivity index is 2.77. The minimum absolute atomic E-state index is 0.618. The highest BCUT2D eigenvalue weighted by Crippen LogP contribution is 2.34. The molecule has 2 aromatic rings. The first kappa shape index (κ1) is 11.3. The third-order valence-electron chi connectivity index (χ3n) is 2.75. The second-order valence-corrected chi connectivity index (χ2v) is 4.18. The Morgan fingerprint density at radius 2 is 2.19 bits per heavy atom. The van der Waals surface area contributed by atoms with E-state index in [0.29, 0.717) is 6.54 Å². The van der Waals surface area contributed by atoms with Gasteiger partial charge in [0.25, 0.3) is 0 Å². The standard InChI is InChI=1S/C12H15ClN2O/c1-15-7-8(5-6-14)11-9(13)3-4-10(16-2)12(11)15/h3-4,7H,5-6,14H2,1-2H3. The van der Waals surface area contributed by atoms with E-state index in [-0.39, 0.29) is 0 Å². The zero-order valence-corrected chi connectivity index (χ0v) is 10.2. The van der Waals surface area contributed by atoms with Gasteiger partial charge in [-0.05, 0) is 30.7 Å². The number of nitrogens with two attached hydrogens (primary N) is 1. The van der Waals surface area contributed by atoms with Crippen LogP contribution in [0.2, 0.25) is 5.02 Å². The number of halogens is 1. The van der Waals surface area contributed by atoms with Crippen LogP contribution in [0.4, 0.5) is 0 Å². The molecule has 0 radical (unpaired) electrons. The van der Waals surface area contributed by atoms with E-state index >= 15 is 0 Å². The van der Waals surface area contributed by atoms with Crippen molar-refractivity contribution in [2.45, 2.75) is 6.42 Å². The SMILES string of the molecule is COc1ccc(Cl)c2c(CCN)cn(C)c12. The molecule has 0 atom stereocenters. The van der Waals surface area contributed by atoms with Crippen molar-refractivity contribution >= 4 is 22.5 Å². The van der Waals surface area contributed by atoms with Gasteiger partial charge in [-0.3, -0.25) is 0 Å². The van der Waals surface area contributed by atoms with Gasteiger partial charge in [0.05, 0.1) is 17.6 Å². The topological polar surface area (TPSA) is 40.2 Å². The molecule has 0 saturated carbocycles. The van der Waals surface area contributed by atoms with Gasteiger partial charge in [0.15, 0.2) is 0 Å². The van der Waals surface area contributed by atoms with Crippen LogP contribution in [0.1, 0.15) is 5.56 Å². The molecule has 4 heteroatoms. The fourth-order valence-electron chi connectivity index (χ4n) is 2.08. The Hall–Kier alpha value is -1.19. The Morgan fingerprint density at radius 3 is 2.81 bits per heavy atom. The summed E-state index contributed by atoms with van der Waals surface area (Å²) in [5.74, 6) is 0.838. The number of methoxy groups -OCH3 is 1. The highest BCUT2D eigenvalue weighted by molar-refractivity contribution is 6.36. The van der Waals surface area contributed by atoms with E-state index in [0.717, 1.165) is 28.1 Å². The van der Waals surface area contributed by atoms with E-state index in [2.05, 4.69) is 6.20 Å². The molecule has 1 aromatic heterocycles. The van der Waals surface area contributed by atoms with E-state index in [4.69, 9.17) is 22.1 Å². The number of hydrogen-bond acceptors (Lipinski definition) is 2. The molecular formula is C12H15ClN2O. The predicted octanol–water partition coefficient (Wildman–Crippen LogP) is 2.34. The number of benzene rings is 1. The lowest BCUT2D eigenvalue weighted by atomic mass is 10.1. The molecule has 1 heterocycles. The van der Waals surface area contributed by atoms with Crippen LogP contribution in [-0.4, -0.2) is 18.2 Å². The van der Waals surface area contributed by atoms with Gasteiger partial charge >= 0.3 is 0 Å². The summed E-state index contributed by atoms with van der Waals surface area (Å²) in [6.07, 6.45) is 2.89. The Bertz CT molecular complexity index is 519. The molecule has 1 aromatic carbocycles. The zero-order chi connectivity index (χ0) is 11.7. The number of ether oxygens (including phenoxy) is 1. The highest BCUT2D eigenvalue weighted by Gasteiger charge is 2.13. The first-order valence-corrected chi connectivity index (χ1v) is 5.57. The molecule has 2 rings (SSSR count). The smallest absolute Gasteiger partial charge is 0.143 e. The van der Waals surface area contributed by atoms with Crippen molar-refractivity contribution in [1.82, 2.24) is 4.57 Å². The summed E-state index contributed by atoms with van der Waals surface area (Å²) >= 11 is 6.23. The highest BCUT2D eigenvalue weighted by atomic mass is 35.5. The molecular weight excluding hydrogens is 224 g/mol. The van der Waals surface area contributed by atoms with E-state index in [9.17, 15) is 0 Å². The van der Waals surface area contributed by atoms with Crippen LogP contribution in [0.5, 0.6) is 5.75 Å². The van der Waals surface area contributed by atoms with Crippen molar-refractivity contribution in [1.29, 1.82) is 0 Å². The van der Waals surface area contributed by atoms with Crippen LogP contribution in [0, 0.1) is 0 Å². The summed E-state index contributed by atoms with van der Waals surface area (Å²) in [7, 11) is 3.65. The van der Waals surface area contributed by atoms with Gasteiger partial charge < -0.3 is 15.0 Å². The molecule has 0 aliphatic rings. The minimum atomic E-state index is 0.618. The van der Waals surface area contributed by atoms with Crippen LogP contribution in [0.3, 0.4) is 0 Å². The van der Waals surface area contributed by atoms with Crippen LogP contribution in [0.15, 0.2) is 18.3 Å². The molecule has 3 nitrogen and oxygen atoms in total. The second kappa shape index (κ2) is 4.36. The van der Waals surface area contributed by atoms with Gasteiger partial charge in [-0.1, -0.05) is 11.6 Å². The summed E-state index contributed by atoms with van der Waals surface area (Å²) < 4.78 is 7.38. The van der Waals surface area contributed by atoms with Gasteiger partial charge in [0, 0.05) is 18.6 Å². The van der Waals surface area contributed by atoms with Crippen molar-refractivity contribution in [2.75, 3.05) is 13.7 Å². The molecule has 0 amide bonds. The summed E-state index contributed by atoms with van der Waals surface area (Å²) in [6, 6.07) is 3.75. The second-order valence-electron chi connectivity index (χ2n) is 3.78. The quantitative estimate of drug-likeness (QED) is 0.892. The van der Waals surface area contributed by atoms with Gasteiger partial charge in [-0.25, -0.2) is 0 Å². The minimum Gasteiger partial charge on any atom is -0.495 e. The lowest BCUT2D eigenvalue weighted by Crippen LogP contribution is -2.02. The van der Waals surface area contributed by atoms with E-state index in [1.807, 2.05) is 23.7 Å². The summed E-state index contributed by atoms with van der Waals surface area (Å²) in [6.45, 7) is 0.618. The average Bonchev–Trinajstić information content (AvgIpc) is 2.59. The number of rotatable bonds is 3. The molecule has 0 aliphatic heterocycles. The maximum Gasteiger partial charge on any atom is 0.143 e. The normalized spacial score (nSPS) is 11.0. The third-order valence-corrected chi connectivity index (χ3v) is 3.06. The van der Waals surface area contributed by atoms with Gasteiger partial charge in [0.1, 0.15) is 5.75 Å². The van der Waals surface area contributed by atoms with E-state index in [1.165, 1.54) is 5.56 Å². The van der Waals surface area contributed by atoms with Gasteiger partial charge in [0.2, 0.25) is 0 Å². The predicted molar refractivity (Wildman–Crippen MR) is 67.2 cm³/mol. The van der Waals surface area contributed by atoms with Crippen LogP contribution >= 0.6 is 11.6 Å². The molecule has 0 spiro atoms. The van der Waals surface area contributed by atoms with Crippen molar-refractivity contribution in [3.63, 3.8) is 0 Å². The monoisotopic (exact) mass is 238 g/mol. The molecule has 0 unspecified atom stereocenters. The van der Waals surface area contributed by atoms with Crippen molar-refractivity contribution < 1.29 is 4.74 Å². The molecule has 2 N–H and O–H groups in total. The molecule has 16 heavy (non-hydrogen) atoms. The van der Waals surface area contributed by atoms with Crippen LogP contribution < -0.4 is 10.5 Å². The molecule has 86 valence electrons. The maximum atomic E-state index is 6.23. The van der Waals surface area contributed by atoms with E-state index in [1.54, 1.807) is 7.11 Å². The van der Waals surface area contributed by atoms with E-state index < -0.39 is 0 Å². The largest absolute Gasteiger partial charge is 0.495 e. The van der Waals surface area contributed by atoms with Crippen molar-refractivity contribution in [2.24, 2.45) is 12.8 Å². The number of hydrogen-bond donors (Lipinski definition) is 1. The number of nitrogens with zero attached hydrogens (tertiary/aromatic N) is 1. The Labute approximate surface area is 99.7 Å². The molecule has 0 fully saturated rings. The summed E-state index contributed by atoms with van der Waals surface area (Å²) in [4.78, 5) is 0. The summed E-state index contributed by atoms with van der Waals surface area (Å²) in [5.41, 5.74) is 7.79. The summed E-state index contributed by atoms with van der Waals surface area (Å²) in [5, 5.41) is 1.80. The first-order chi connectivity index (χ1) is 7.69. The van der Waals surface area contributed by atoms with Crippen LogP contribution in [-0.2, 0) is 13.5 Å². The third kappa shape index (κ3) is 1.66. The molecule has 0 aliphatic carbocycles. The van der Waals surface area contributed by atoms with Crippen molar-refractivity contribution in [3.05, 3.63) is 28.9 Å². The molecule has 0 bridgehead atoms. The average molecular weight is 239 g/mol. The fourth-order valence-corrected chi connectivity index (χ4v) is 2.35. The lowest BCUT2D eigenvalue weighted by molar-refractivity contribution is 0.418. The zero-order valence-electron chi connectivity index (χ0n) is 9.46. The fraction of sp³-hybridized carbons (Fsp3) is 0.333. The van der Waals surface area contributed by atoms with Gasteiger partial charge in [-0.15, -0.1) is 0 Å². The first-order valence-electron chi connectivity index (χ1n) is 5.19. The number of aromatic nitrogens is 1. The van der Waals surface area contributed by atoms with Crippen molar-refractivity contribution in [3.8, 4) is 5.75 Å². The Morgan fingerprint density at radius 1 is 1.44 bits per heavy atom. The molecule has 0 saturated heterocycles. The van der Waals surface area contributed by atoms with Crippen LogP contribution in [0.25, 0.3) is 10.9 Å². The maximum absolute atomic E-state index is 6.23. The lowest BCUT2D eigenvalue weighted by Gasteiger charge is -2.06.